The van der Waals surface area contributed by atoms with Gasteiger partial charge in [-0.05, 0) is 16.7 Å². The highest BCUT2D eigenvalue weighted by Crippen LogP contribution is 2.40. The number of hydrogen-bond donors (Lipinski definition) is 1. The number of halogens is 2. The van der Waals surface area contributed by atoms with E-state index in [4.69, 9.17) is 21.2 Å². The molecule has 0 radical (unpaired) electrons. The quantitative estimate of drug-likeness (QED) is 0.149. The minimum absolute atomic E-state index is 0.0265. The molecule has 0 bridgehead atoms. The molecular weight excluding hydrogens is 509 g/mol. The highest BCUT2D eigenvalue weighted by Gasteiger charge is 2.38. The third kappa shape index (κ3) is 5.06. The third-order valence-electron chi connectivity index (χ3n) is 5.93. The number of alkyl halides is 1. The van der Waals surface area contributed by atoms with E-state index in [2.05, 4.69) is 20.3 Å². The molecule has 0 saturated heterocycles. The Morgan fingerprint density at radius 1 is 0.895 bits per heavy atom. The van der Waals surface area contributed by atoms with E-state index in [-0.39, 0.29) is 35.5 Å². The van der Waals surface area contributed by atoms with E-state index in [0.717, 1.165) is 16.7 Å². The zero-order valence-corrected chi connectivity index (χ0v) is 20.8. The van der Waals surface area contributed by atoms with Crippen LogP contribution in [0.5, 0.6) is 0 Å². The fourth-order valence-electron chi connectivity index (χ4n) is 4.25. The monoisotopic (exact) mass is 531 g/mol. The molecule has 1 amide bonds. The summed E-state index contributed by atoms with van der Waals surface area (Å²) < 4.78 is 23.0. The molecule has 5 aromatic rings. The van der Waals surface area contributed by atoms with E-state index in [1.807, 2.05) is 91.0 Å². The van der Waals surface area contributed by atoms with E-state index in [0.29, 0.717) is 6.41 Å². The summed E-state index contributed by atoms with van der Waals surface area (Å²) in [5, 5.41) is 2.36. The molecule has 2 aromatic heterocycles. The van der Waals surface area contributed by atoms with Crippen LogP contribution in [0.2, 0.25) is 5.15 Å². The number of amides is 1. The summed E-state index contributed by atoms with van der Waals surface area (Å²) in [5.74, 6) is -0.0265. The van der Waals surface area contributed by atoms with Gasteiger partial charge in [0.1, 0.15) is 24.1 Å². The zero-order valence-electron chi connectivity index (χ0n) is 20.1. The zero-order chi connectivity index (χ0) is 26.4. The van der Waals surface area contributed by atoms with Crippen LogP contribution in [0, 0.1) is 0 Å². The molecule has 0 spiro atoms. The smallest absolute Gasteiger partial charge is 0.232 e. The normalized spacial score (nSPS) is 12.3. The maximum absolute atomic E-state index is 15.4. The predicted molar refractivity (Wildman–Crippen MR) is 142 cm³/mol. The number of hydrogen-bond acceptors (Lipinski definition) is 6. The van der Waals surface area contributed by atoms with Crippen molar-refractivity contribution in [3.8, 4) is 0 Å². The topological polar surface area (TPSA) is 91.2 Å². The van der Waals surface area contributed by atoms with Crippen molar-refractivity contribution < 1.29 is 18.8 Å². The highest BCUT2D eigenvalue weighted by molar-refractivity contribution is 6.33. The number of nitrogens with one attached hydrogen (secondary N) is 1. The summed E-state index contributed by atoms with van der Waals surface area (Å²) in [6.07, 6.45) is 0.228. The lowest BCUT2D eigenvalue weighted by molar-refractivity contribution is -0.105. The summed E-state index contributed by atoms with van der Waals surface area (Å²) >= 11 is 6.12. The molecule has 8 nitrogen and oxygen atoms in total. The molecule has 1 unspecified atom stereocenters. The molecule has 0 saturated carbocycles. The Morgan fingerprint density at radius 3 is 1.97 bits per heavy atom. The number of imidazole rings is 1. The van der Waals surface area contributed by atoms with Gasteiger partial charge in [0.2, 0.25) is 18.0 Å². The number of carbonyl (C=O) groups is 1. The summed E-state index contributed by atoms with van der Waals surface area (Å²) in [6.45, 7) is -0.614. The fraction of sp³-hybridized carbons (Fsp3) is 0.143. The SMILES string of the molecule is O=CNc1nc(Cl)c2ncn(OCC(F)COC(c3ccccc3)(c3ccccc3)c3ccccc3)c2n1. The van der Waals surface area contributed by atoms with E-state index in [9.17, 15) is 4.79 Å². The van der Waals surface area contributed by atoms with Crippen molar-refractivity contribution in [3.63, 3.8) is 0 Å². The summed E-state index contributed by atoms with van der Waals surface area (Å²) in [4.78, 5) is 28.6. The molecule has 10 heteroatoms. The average molecular weight is 532 g/mol. The van der Waals surface area contributed by atoms with Crippen LogP contribution in [-0.2, 0) is 15.1 Å². The van der Waals surface area contributed by atoms with Gasteiger partial charge in [-0.1, -0.05) is 103 Å². The van der Waals surface area contributed by atoms with Gasteiger partial charge in [-0.25, -0.2) is 9.37 Å². The molecule has 192 valence electrons. The van der Waals surface area contributed by atoms with Crippen LogP contribution in [0.3, 0.4) is 0 Å². The van der Waals surface area contributed by atoms with Gasteiger partial charge in [0.25, 0.3) is 0 Å². The number of nitrogens with zero attached hydrogens (tertiary/aromatic N) is 4. The molecular formula is C28H23ClFN5O3. The molecule has 2 heterocycles. The summed E-state index contributed by atoms with van der Waals surface area (Å²) in [7, 11) is 0. The predicted octanol–water partition coefficient (Wildman–Crippen LogP) is 4.82. The Labute approximate surface area is 223 Å². The van der Waals surface area contributed by atoms with Crippen molar-refractivity contribution in [2.75, 3.05) is 18.5 Å². The van der Waals surface area contributed by atoms with Crippen molar-refractivity contribution in [2.24, 2.45) is 0 Å². The highest BCUT2D eigenvalue weighted by atomic mass is 35.5. The van der Waals surface area contributed by atoms with Crippen molar-refractivity contribution in [2.45, 2.75) is 11.8 Å². The van der Waals surface area contributed by atoms with Gasteiger partial charge in [-0.15, -0.1) is 0 Å². The number of benzene rings is 3. The lowest BCUT2D eigenvalue weighted by atomic mass is 9.80. The minimum atomic E-state index is -1.51. The van der Waals surface area contributed by atoms with E-state index in [1.54, 1.807) is 0 Å². The minimum Gasteiger partial charge on any atom is -0.408 e. The first-order valence-electron chi connectivity index (χ1n) is 11.8. The van der Waals surface area contributed by atoms with Gasteiger partial charge in [0.05, 0.1) is 6.61 Å². The van der Waals surface area contributed by atoms with Crippen LogP contribution in [-0.4, -0.2) is 45.5 Å². The molecule has 0 aliphatic carbocycles. The Bertz CT molecular complexity index is 1410. The average Bonchev–Trinajstić information content (AvgIpc) is 3.38. The van der Waals surface area contributed by atoms with Gasteiger partial charge in [0.15, 0.2) is 11.3 Å². The first-order valence-corrected chi connectivity index (χ1v) is 12.2. The number of carbonyl (C=O) groups excluding carboxylic acids is 1. The number of anilines is 1. The van der Waals surface area contributed by atoms with Crippen molar-refractivity contribution in [1.82, 2.24) is 19.7 Å². The third-order valence-corrected chi connectivity index (χ3v) is 6.19. The number of aromatic nitrogens is 4. The van der Waals surface area contributed by atoms with Gasteiger partial charge in [-0.2, -0.15) is 14.7 Å². The molecule has 0 aliphatic rings. The van der Waals surface area contributed by atoms with E-state index in [1.165, 1.54) is 11.1 Å². The second kappa shape index (κ2) is 11.4. The maximum Gasteiger partial charge on any atom is 0.232 e. The Morgan fingerprint density at radius 2 is 1.45 bits per heavy atom. The van der Waals surface area contributed by atoms with Gasteiger partial charge in [0, 0.05) is 0 Å². The second-order valence-electron chi connectivity index (χ2n) is 8.33. The molecule has 5 rings (SSSR count). The largest absolute Gasteiger partial charge is 0.408 e. The van der Waals surface area contributed by atoms with Gasteiger partial charge in [-0.3, -0.25) is 10.1 Å². The molecule has 3 aromatic carbocycles. The molecule has 1 N–H and O–H groups in total. The fourth-order valence-corrected chi connectivity index (χ4v) is 4.46. The van der Waals surface area contributed by atoms with Crippen molar-refractivity contribution in [1.29, 1.82) is 0 Å². The van der Waals surface area contributed by atoms with Crippen LogP contribution in [0.25, 0.3) is 11.2 Å². The lowest BCUT2D eigenvalue weighted by Gasteiger charge is -2.36. The van der Waals surface area contributed by atoms with Crippen LogP contribution < -0.4 is 10.2 Å². The van der Waals surface area contributed by atoms with Crippen LogP contribution in [0.15, 0.2) is 97.3 Å². The lowest BCUT2D eigenvalue weighted by Crippen LogP contribution is -2.36. The van der Waals surface area contributed by atoms with E-state index >= 15 is 4.39 Å². The summed E-state index contributed by atoms with van der Waals surface area (Å²) in [6, 6.07) is 29.2. The van der Waals surface area contributed by atoms with Crippen molar-refractivity contribution >= 4 is 35.1 Å². The number of ether oxygens (including phenoxy) is 1. The molecule has 1 atom stereocenters. The van der Waals surface area contributed by atoms with Crippen molar-refractivity contribution in [3.05, 3.63) is 119 Å². The number of fused-ring (bicyclic) bond motifs is 1. The van der Waals surface area contributed by atoms with Gasteiger partial charge < -0.3 is 9.57 Å². The first-order chi connectivity index (χ1) is 18.6. The Hall–Kier alpha value is -4.34. The van der Waals surface area contributed by atoms with Gasteiger partial charge >= 0.3 is 0 Å². The molecule has 38 heavy (non-hydrogen) atoms. The van der Waals surface area contributed by atoms with Crippen LogP contribution in [0.4, 0.5) is 10.3 Å². The standard InChI is InChI=1S/C28H23ClFN5O3/c29-25-24-26(34-27(33-25)32-19-36)35(18-31-24)38-17-23(30)16-37-28(20-10-4-1-5-11-20,21-12-6-2-7-13-21)22-14-8-3-9-15-22/h1-15,18-19,23H,16-17H2,(H,32,33,34,36). The van der Waals surface area contributed by atoms with Crippen LogP contribution in [0.1, 0.15) is 16.7 Å². The Kier molecular flexibility index (Phi) is 7.57. The van der Waals surface area contributed by atoms with Crippen LogP contribution >= 0.6 is 11.6 Å². The molecule has 0 fully saturated rings. The maximum atomic E-state index is 15.4. The Balaban J connectivity index is 1.41. The number of rotatable bonds is 11. The molecule has 0 aliphatic heterocycles. The first kappa shape index (κ1) is 25.3. The summed E-state index contributed by atoms with van der Waals surface area (Å²) in [5.41, 5.74) is 2.00. The second-order valence-corrected chi connectivity index (χ2v) is 8.68. The van der Waals surface area contributed by atoms with E-state index < -0.39 is 11.8 Å².